The summed E-state index contributed by atoms with van der Waals surface area (Å²) in [5, 5.41) is 1.96. The maximum Gasteiger partial charge on any atom is 0.417 e. The van der Waals surface area contributed by atoms with Gasteiger partial charge in [0.1, 0.15) is 12.6 Å². The molecule has 236 valence electrons. The van der Waals surface area contributed by atoms with Gasteiger partial charge >= 0.3 is 6.18 Å². The Morgan fingerprint density at radius 1 is 0.867 bits per heavy atom. The van der Waals surface area contributed by atoms with Gasteiger partial charge < -0.3 is 10.2 Å². The number of amides is 2. The summed E-state index contributed by atoms with van der Waals surface area (Å²) in [6.07, 6.45) is -4.79. The molecule has 0 spiro atoms. The zero-order valence-corrected chi connectivity index (χ0v) is 26.0. The van der Waals surface area contributed by atoms with Crippen LogP contribution in [0.5, 0.6) is 0 Å². The molecule has 7 nitrogen and oxygen atoms in total. The Bertz CT molecular complexity index is 1750. The Morgan fingerprint density at radius 2 is 1.49 bits per heavy atom. The highest BCUT2D eigenvalue weighted by Crippen LogP contribution is 2.38. The molecule has 0 bridgehead atoms. The van der Waals surface area contributed by atoms with E-state index in [1.54, 1.807) is 42.5 Å². The van der Waals surface area contributed by atoms with Crippen LogP contribution >= 0.6 is 11.6 Å². The Labute approximate surface area is 265 Å². The molecule has 12 heteroatoms. The topological polar surface area (TPSA) is 86.8 Å². The smallest absolute Gasteiger partial charge is 0.357 e. The van der Waals surface area contributed by atoms with Crippen molar-refractivity contribution in [2.24, 2.45) is 0 Å². The van der Waals surface area contributed by atoms with Gasteiger partial charge in [-0.25, -0.2) is 8.42 Å². The molecule has 4 aromatic carbocycles. The first-order valence-corrected chi connectivity index (χ1v) is 15.7. The minimum absolute atomic E-state index is 0.0704. The average Bonchev–Trinajstić information content (AvgIpc) is 3.01. The fourth-order valence-electron chi connectivity index (χ4n) is 4.86. The lowest BCUT2D eigenvalue weighted by Gasteiger charge is -2.33. The number of rotatable bonds is 11. The van der Waals surface area contributed by atoms with E-state index in [9.17, 15) is 31.2 Å². The Hall–Kier alpha value is -4.35. The second-order valence-electron chi connectivity index (χ2n) is 10.3. The third kappa shape index (κ3) is 8.23. The first-order chi connectivity index (χ1) is 21.3. The third-order valence-electron chi connectivity index (χ3n) is 7.11. The molecule has 1 unspecified atom stereocenters. The zero-order chi connectivity index (χ0) is 32.8. The first kappa shape index (κ1) is 33.5. The third-order valence-corrected chi connectivity index (χ3v) is 9.22. The van der Waals surface area contributed by atoms with Crippen LogP contribution in [0.15, 0.2) is 108 Å². The Balaban J connectivity index is 1.84. The number of hydrogen-bond acceptors (Lipinski definition) is 4. The summed E-state index contributed by atoms with van der Waals surface area (Å²) in [6, 6.07) is 24.8. The SMILES string of the molecule is CNC(=O)C(Cc1ccccc1)N(Cc1cccc(C)c1)C(=O)CN(c1ccc(Cl)c(C(F)(F)F)c1)S(=O)(=O)c1ccccc1. The molecule has 45 heavy (non-hydrogen) atoms. The van der Waals surface area contributed by atoms with Gasteiger partial charge in [-0.3, -0.25) is 13.9 Å². The van der Waals surface area contributed by atoms with E-state index >= 15 is 0 Å². The second kappa shape index (κ2) is 14.2. The van der Waals surface area contributed by atoms with Crippen molar-refractivity contribution < 1.29 is 31.2 Å². The van der Waals surface area contributed by atoms with Crippen molar-refractivity contribution in [1.82, 2.24) is 10.2 Å². The van der Waals surface area contributed by atoms with E-state index in [-0.39, 0.29) is 17.9 Å². The minimum Gasteiger partial charge on any atom is -0.357 e. The number of benzene rings is 4. The van der Waals surface area contributed by atoms with Crippen LogP contribution in [0.25, 0.3) is 0 Å². The number of nitrogens with zero attached hydrogens (tertiary/aromatic N) is 2. The van der Waals surface area contributed by atoms with Crippen molar-refractivity contribution in [2.75, 3.05) is 17.9 Å². The highest BCUT2D eigenvalue weighted by atomic mass is 35.5. The first-order valence-electron chi connectivity index (χ1n) is 13.9. The summed E-state index contributed by atoms with van der Waals surface area (Å²) in [6.45, 7) is 0.895. The standard InChI is InChI=1S/C33H31ClF3N3O4S/c1-23-10-9-13-25(18-23)21-39(30(32(42)38-2)19-24-11-5-3-6-12-24)31(41)22-40(45(43,44)27-14-7-4-8-15-27)26-16-17-29(34)28(20-26)33(35,36)37/h3-18,20,30H,19,21-22H2,1-2H3,(H,38,42). The molecule has 0 aliphatic carbocycles. The molecular formula is C33H31ClF3N3O4S. The number of anilines is 1. The molecule has 2 amide bonds. The highest BCUT2D eigenvalue weighted by molar-refractivity contribution is 7.92. The van der Waals surface area contributed by atoms with Crippen molar-refractivity contribution in [3.05, 3.63) is 130 Å². The number of hydrogen-bond donors (Lipinski definition) is 1. The second-order valence-corrected chi connectivity index (χ2v) is 12.6. The lowest BCUT2D eigenvalue weighted by Crippen LogP contribution is -2.53. The molecule has 0 saturated carbocycles. The number of likely N-dealkylation sites (N-methyl/N-ethyl adjacent to an activating group) is 1. The molecule has 0 saturated heterocycles. The van der Waals surface area contributed by atoms with Crippen LogP contribution in [-0.4, -0.2) is 44.8 Å². The van der Waals surface area contributed by atoms with E-state index in [0.717, 1.165) is 23.3 Å². The van der Waals surface area contributed by atoms with Crippen LogP contribution in [0.1, 0.15) is 22.3 Å². The molecule has 0 fully saturated rings. The fraction of sp³-hybridized carbons (Fsp3) is 0.212. The van der Waals surface area contributed by atoms with Crippen LogP contribution in [0.3, 0.4) is 0 Å². The summed E-state index contributed by atoms with van der Waals surface area (Å²) in [5.41, 5.74) is 0.641. The van der Waals surface area contributed by atoms with Gasteiger partial charge in [0.25, 0.3) is 10.0 Å². The number of sulfonamides is 1. The predicted molar refractivity (Wildman–Crippen MR) is 167 cm³/mol. The lowest BCUT2D eigenvalue weighted by molar-refractivity contribution is -0.139. The molecule has 0 aromatic heterocycles. The maximum atomic E-state index is 14.3. The van der Waals surface area contributed by atoms with E-state index in [1.807, 2.05) is 25.1 Å². The molecular weight excluding hydrogens is 627 g/mol. The number of halogens is 4. The van der Waals surface area contributed by atoms with Crippen molar-refractivity contribution in [2.45, 2.75) is 37.0 Å². The molecule has 1 N–H and O–H groups in total. The van der Waals surface area contributed by atoms with Gasteiger partial charge in [0.05, 0.1) is 21.2 Å². The van der Waals surface area contributed by atoms with Crippen LogP contribution in [0, 0.1) is 6.92 Å². The summed E-state index contributed by atoms with van der Waals surface area (Å²) in [4.78, 5) is 28.6. The number of carbonyl (C=O) groups is 2. The molecule has 0 aliphatic heterocycles. The molecule has 4 rings (SSSR count). The summed E-state index contributed by atoms with van der Waals surface area (Å²) in [7, 11) is -3.15. The predicted octanol–water partition coefficient (Wildman–Crippen LogP) is 6.25. The molecule has 0 heterocycles. The van der Waals surface area contributed by atoms with Gasteiger partial charge in [-0.15, -0.1) is 0 Å². The highest BCUT2D eigenvalue weighted by Gasteiger charge is 2.37. The molecule has 4 aromatic rings. The Morgan fingerprint density at radius 3 is 2.09 bits per heavy atom. The zero-order valence-electron chi connectivity index (χ0n) is 24.5. The van der Waals surface area contributed by atoms with Gasteiger partial charge in [0, 0.05) is 20.0 Å². The number of aryl methyl sites for hydroxylation is 1. The van der Waals surface area contributed by atoms with E-state index in [0.29, 0.717) is 15.9 Å². The normalized spacial score (nSPS) is 12.3. The largest absolute Gasteiger partial charge is 0.417 e. The fourth-order valence-corrected chi connectivity index (χ4v) is 6.51. The minimum atomic E-state index is -4.89. The molecule has 1 atom stereocenters. The number of nitrogens with one attached hydrogen (secondary N) is 1. The number of carbonyl (C=O) groups excluding carboxylic acids is 2. The van der Waals surface area contributed by atoms with Gasteiger partial charge in [0.2, 0.25) is 11.8 Å². The lowest BCUT2D eigenvalue weighted by atomic mass is 10.0. The molecule has 0 aliphatic rings. The van der Waals surface area contributed by atoms with E-state index < -0.39 is 56.9 Å². The number of alkyl halides is 3. The summed E-state index contributed by atoms with van der Waals surface area (Å²) >= 11 is 5.84. The van der Waals surface area contributed by atoms with Crippen LogP contribution in [0.4, 0.5) is 18.9 Å². The Kier molecular flexibility index (Phi) is 10.6. The van der Waals surface area contributed by atoms with Gasteiger partial charge in [-0.1, -0.05) is 90.0 Å². The average molecular weight is 658 g/mol. The van der Waals surface area contributed by atoms with Crippen LogP contribution in [0.2, 0.25) is 5.02 Å². The summed E-state index contributed by atoms with van der Waals surface area (Å²) in [5.74, 6) is -1.30. The van der Waals surface area contributed by atoms with Crippen molar-refractivity contribution >= 4 is 39.1 Å². The van der Waals surface area contributed by atoms with E-state index in [4.69, 9.17) is 11.6 Å². The van der Waals surface area contributed by atoms with Crippen molar-refractivity contribution in [3.8, 4) is 0 Å². The van der Waals surface area contributed by atoms with Crippen molar-refractivity contribution in [1.29, 1.82) is 0 Å². The van der Waals surface area contributed by atoms with Crippen LogP contribution in [-0.2, 0) is 38.8 Å². The monoisotopic (exact) mass is 657 g/mol. The van der Waals surface area contributed by atoms with Crippen molar-refractivity contribution in [3.63, 3.8) is 0 Å². The van der Waals surface area contributed by atoms with E-state index in [1.165, 1.54) is 36.2 Å². The quantitative estimate of drug-likeness (QED) is 0.207. The van der Waals surface area contributed by atoms with Gasteiger partial charge in [-0.05, 0) is 48.4 Å². The summed E-state index contributed by atoms with van der Waals surface area (Å²) < 4.78 is 70.1. The molecule has 0 radical (unpaired) electrons. The van der Waals surface area contributed by atoms with Crippen LogP contribution < -0.4 is 9.62 Å². The van der Waals surface area contributed by atoms with Gasteiger partial charge in [0.15, 0.2) is 0 Å². The maximum absolute atomic E-state index is 14.3. The van der Waals surface area contributed by atoms with Gasteiger partial charge in [-0.2, -0.15) is 13.2 Å². The van der Waals surface area contributed by atoms with E-state index in [2.05, 4.69) is 5.32 Å².